The number of hydrogen-bond acceptors (Lipinski definition) is 4. The second kappa shape index (κ2) is 4.97. The third kappa shape index (κ3) is 2.58. The third-order valence-electron chi connectivity index (χ3n) is 3.62. The van der Waals surface area contributed by atoms with Gasteiger partial charge in [-0.15, -0.1) is 5.10 Å². The number of nitrogens with zero attached hydrogens (tertiary/aromatic N) is 4. The van der Waals surface area contributed by atoms with Gasteiger partial charge >= 0.3 is 5.97 Å². The molecule has 1 saturated carbocycles. The Balaban J connectivity index is 1.79. The number of rotatable bonds is 5. The maximum absolute atomic E-state index is 11.2. The number of tetrazole rings is 1. The van der Waals surface area contributed by atoms with Crippen LogP contribution in [0.25, 0.3) is 0 Å². The van der Waals surface area contributed by atoms with E-state index in [0.29, 0.717) is 31.6 Å². The Labute approximate surface area is 123 Å². The third-order valence-corrected chi connectivity index (χ3v) is 4.11. The molecule has 20 heavy (non-hydrogen) atoms. The fourth-order valence-electron chi connectivity index (χ4n) is 2.18. The van der Waals surface area contributed by atoms with E-state index >= 15 is 0 Å². The van der Waals surface area contributed by atoms with Crippen molar-refractivity contribution in [1.82, 2.24) is 20.2 Å². The van der Waals surface area contributed by atoms with E-state index in [4.69, 9.17) is 0 Å². The highest BCUT2D eigenvalue weighted by atomic mass is 79.9. The van der Waals surface area contributed by atoms with Crippen LogP contribution in [0.1, 0.15) is 24.2 Å². The summed E-state index contributed by atoms with van der Waals surface area (Å²) in [7, 11) is 0. The van der Waals surface area contributed by atoms with Gasteiger partial charge in [-0.1, -0.05) is 28.1 Å². The molecule has 2 aromatic rings. The van der Waals surface area contributed by atoms with Crippen LogP contribution in [0.3, 0.4) is 0 Å². The SMILES string of the molecule is O=C(O)C1(Cn2nnnc2Cc2cccc(Br)c2)CC1. The molecule has 6 nitrogen and oxygen atoms in total. The monoisotopic (exact) mass is 336 g/mol. The van der Waals surface area contributed by atoms with Crippen molar-refractivity contribution in [3.8, 4) is 0 Å². The van der Waals surface area contributed by atoms with E-state index in [1.54, 1.807) is 4.68 Å². The summed E-state index contributed by atoms with van der Waals surface area (Å²) in [6.07, 6.45) is 1.97. The molecule has 0 amide bonds. The minimum Gasteiger partial charge on any atom is -0.481 e. The van der Waals surface area contributed by atoms with Gasteiger partial charge in [-0.25, -0.2) is 4.68 Å². The van der Waals surface area contributed by atoms with Crippen molar-refractivity contribution in [3.05, 3.63) is 40.1 Å². The van der Waals surface area contributed by atoms with Gasteiger partial charge in [0.15, 0.2) is 5.82 Å². The minimum absolute atomic E-state index is 0.346. The van der Waals surface area contributed by atoms with Gasteiger partial charge in [0.25, 0.3) is 0 Å². The number of benzene rings is 1. The predicted molar refractivity (Wildman–Crippen MR) is 74.1 cm³/mol. The summed E-state index contributed by atoms with van der Waals surface area (Å²) in [4.78, 5) is 11.2. The van der Waals surface area contributed by atoms with Crippen molar-refractivity contribution >= 4 is 21.9 Å². The van der Waals surface area contributed by atoms with Gasteiger partial charge in [-0.3, -0.25) is 4.79 Å². The molecule has 1 N–H and O–H groups in total. The van der Waals surface area contributed by atoms with Crippen LogP contribution in [-0.2, 0) is 17.8 Å². The van der Waals surface area contributed by atoms with E-state index < -0.39 is 11.4 Å². The summed E-state index contributed by atoms with van der Waals surface area (Å²) in [5, 5.41) is 20.8. The van der Waals surface area contributed by atoms with E-state index in [-0.39, 0.29) is 0 Å². The van der Waals surface area contributed by atoms with Crippen molar-refractivity contribution in [2.45, 2.75) is 25.8 Å². The first kappa shape index (κ1) is 13.2. The normalized spacial score (nSPS) is 16.1. The zero-order chi connectivity index (χ0) is 14.2. The summed E-state index contributed by atoms with van der Waals surface area (Å²) in [6, 6.07) is 7.90. The fraction of sp³-hybridized carbons (Fsp3) is 0.385. The number of carboxylic acid groups (broad SMARTS) is 1. The van der Waals surface area contributed by atoms with E-state index in [9.17, 15) is 9.90 Å². The van der Waals surface area contributed by atoms with Crippen LogP contribution in [0.5, 0.6) is 0 Å². The lowest BCUT2D eigenvalue weighted by Gasteiger charge is -2.10. The number of aliphatic carboxylic acids is 1. The molecule has 0 radical (unpaired) electrons. The van der Waals surface area contributed by atoms with Crippen molar-refractivity contribution in [2.24, 2.45) is 5.41 Å². The molecule has 1 heterocycles. The first-order chi connectivity index (χ1) is 9.59. The highest BCUT2D eigenvalue weighted by Gasteiger charge is 2.51. The Morgan fingerprint density at radius 3 is 2.90 bits per heavy atom. The molecule has 3 rings (SSSR count). The summed E-state index contributed by atoms with van der Waals surface area (Å²) in [5.74, 6) is -0.0722. The van der Waals surface area contributed by atoms with Crippen LogP contribution in [-0.4, -0.2) is 31.3 Å². The summed E-state index contributed by atoms with van der Waals surface area (Å²) in [5.41, 5.74) is 0.414. The van der Waals surface area contributed by atoms with E-state index in [1.807, 2.05) is 24.3 Å². The molecule has 1 aliphatic rings. The number of carbonyl (C=O) groups is 1. The van der Waals surface area contributed by atoms with Gasteiger partial charge < -0.3 is 5.11 Å². The zero-order valence-corrected chi connectivity index (χ0v) is 12.2. The number of halogens is 1. The summed E-state index contributed by atoms with van der Waals surface area (Å²) >= 11 is 3.43. The van der Waals surface area contributed by atoms with Gasteiger partial charge in [0.2, 0.25) is 0 Å². The average molecular weight is 337 g/mol. The second-order valence-corrected chi connectivity index (χ2v) is 6.06. The van der Waals surface area contributed by atoms with Crippen LogP contribution in [0.4, 0.5) is 0 Å². The van der Waals surface area contributed by atoms with Crippen LogP contribution in [0.2, 0.25) is 0 Å². The minimum atomic E-state index is -0.763. The van der Waals surface area contributed by atoms with E-state index in [0.717, 1.165) is 10.0 Å². The maximum Gasteiger partial charge on any atom is 0.311 e. The first-order valence-corrected chi connectivity index (χ1v) is 7.11. The van der Waals surface area contributed by atoms with Crippen molar-refractivity contribution in [1.29, 1.82) is 0 Å². The van der Waals surface area contributed by atoms with Crippen LogP contribution >= 0.6 is 15.9 Å². The molecule has 0 atom stereocenters. The number of aromatic nitrogens is 4. The topological polar surface area (TPSA) is 80.9 Å². The van der Waals surface area contributed by atoms with Crippen LogP contribution in [0.15, 0.2) is 28.7 Å². The highest BCUT2D eigenvalue weighted by Crippen LogP contribution is 2.47. The summed E-state index contributed by atoms with van der Waals surface area (Å²) < 4.78 is 2.61. The van der Waals surface area contributed by atoms with Crippen LogP contribution in [0, 0.1) is 5.41 Å². The highest BCUT2D eigenvalue weighted by molar-refractivity contribution is 9.10. The molecule has 7 heteroatoms. The molecule has 0 spiro atoms. The first-order valence-electron chi connectivity index (χ1n) is 6.32. The molecule has 1 aliphatic carbocycles. The van der Waals surface area contributed by atoms with Gasteiger partial charge in [-0.05, 0) is 41.0 Å². The van der Waals surface area contributed by atoms with E-state index in [2.05, 4.69) is 31.5 Å². The lowest BCUT2D eigenvalue weighted by atomic mass is 10.1. The van der Waals surface area contributed by atoms with E-state index in [1.165, 1.54) is 0 Å². The average Bonchev–Trinajstić information content (AvgIpc) is 3.06. The maximum atomic E-state index is 11.2. The van der Waals surface area contributed by atoms with Gasteiger partial charge in [0.1, 0.15) is 0 Å². The molecule has 0 aliphatic heterocycles. The van der Waals surface area contributed by atoms with Crippen molar-refractivity contribution in [3.63, 3.8) is 0 Å². The Morgan fingerprint density at radius 1 is 1.45 bits per heavy atom. The number of carboxylic acids is 1. The summed E-state index contributed by atoms with van der Waals surface area (Å²) in [6.45, 7) is 0.346. The molecule has 1 aromatic heterocycles. The zero-order valence-electron chi connectivity index (χ0n) is 10.7. The molecule has 104 valence electrons. The van der Waals surface area contributed by atoms with Crippen molar-refractivity contribution in [2.75, 3.05) is 0 Å². The smallest absolute Gasteiger partial charge is 0.311 e. The lowest BCUT2D eigenvalue weighted by Crippen LogP contribution is -2.23. The van der Waals surface area contributed by atoms with Gasteiger partial charge in [-0.2, -0.15) is 0 Å². The molecule has 0 saturated heterocycles. The van der Waals surface area contributed by atoms with Crippen LogP contribution < -0.4 is 0 Å². The second-order valence-electron chi connectivity index (χ2n) is 5.14. The number of hydrogen-bond donors (Lipinski definition) is 1. The standard InChI is InChI=1S/C13H13BrN4O2/c14-10-3-1-2-9(6-10)7-11-15-16-17-18(11)8-13(4-5-13)12(19)20/h1-3,6H,4-5,7-8H2,(H,19,20). The predicted octanol–water partition coefficient (Wildman–Crippen LogP) is 1.89. The fourth-order valence-corrected chi connectivity index (χ4v) is 2.63. The molecule has 1 aromatic carbocycles. The lowest BCUT2D eigenvalue weighted by molar-refractivity contribution is -0.144. The Morgan fingerprint density at radius 2 is 2.25 bits per heavy atom. The quantitative estimate of drug-likeness (QED) is 0.901. The molecular formula is C13H13BrN4O2. The van der Waals surface area contributed by atoms with Gasteiger partial charge in [0, 0.05) is 10.9 Å². The Kier molecular flexibility index (Phi) is 3.29. The Hall–Kier alpha value is -1.76. The molecule has 1 fully saturated rings. The van der Waals surface area contributed by atoms with Gasteiger partial charge in [0.05, 0.1) is 12.0 Å². The molecule has 0 bridgehead atoms. The largest absolute Gasteiger partial charge is 0.481 e. The molecular weight excluding hydrogens is 324 g/mol. The Bertz CT molecular complexity index is 651. The van der Waals surface area contributed by atoms with Crippen molar-refractivity contribution < 1.29 is 9.90 Å². The molecule has 0 unspecified atom stereocenters.